The molecule has 0 aliphatic carbocycles. The average Bonchev–Trinajstić information content (AvgIpc) is 2.83. The molecule has 3 rings (SSSR count). The van der Waals surface area contributed by atoms with E-state index in [9.17, 15) is 0 Å². The fourth-order valence-electron chi connectivity index (χ4n) is 1.67. The highest BCUT2D eigenvalue weighted by atomic mass is 15.2. The summed E-state index contributed by atoms with van der Waals surface area (Å²) in [5.41, 5.74) is 3.10. The first kappa shape index (κ1) is 8.23. The number of fused-ring (bicyclic) bond motifs is 1. The summed E-state index contributed by atoms with van der Waals surface area (Å²) in [4.78, 5) is 4.31. The van der Waals surface area contributed by atoms with Crippen LogP contribution in [0, 0.1) is 6.92 Å². The number of aromatic amines is 1. The summed E-state index contributed by atoms with van der Waals surface area (Å²) in [7, 11) is 0. The average molecular weight is 198 g/mol. The molecule has 0 aliphatic heterocycles. The summed E-state index contributed by atoms with van der Waals surface area (Å²) in [6.45, 7) is 1.98. The summed E-state index contributed by atoms with van der Waals surface area (Å²) >= 11 is 0. The van der Waals surface area contributed by atoms with E-state index >= 15 is 0 Å². The number of imidazole rings is 1. The van der Waals surface area contributed by atoms with E-state index in [0.717, 1.165) is 22.5 Å². The van der Waals surface area contributed by atoms with Crippen LogP contribution in [0.1, 0.15) is 5.69 Å². The molecular formula is C11H10N4. The molecule has 0 atom stereocenters. The molecule has 0 amide bonds. The van der Waals surface area contributed by atoms with Crippen LogP contribution in [0.5, 0.6) is 0 Å². The third kappa shape index (κ3) is 1.22. The SMILES string of the molecule is Cc1cc(-n2cnc3ccccc32)n[nH]1. The number of hydrogen-bond donors (Lipinski definition) is 1. The van der Waals surface area contributed by atoms with Gasteiger partial charge in [-0.1, -0.05) is 12.1 Å². The zero-order chi connectivity index (χ0) is 10.3. The number of rotatable bonds is 1. The Morgan fingerprint density at radius 1 is 1.27 bits per heavy atom. The van der Waals surface area contributed by atoms with Gasteiger partial charge in [-0.15, -0.1) is 0 Å². The molecule has 0 saturated heterocycles. The van der Waals surface area contributed by atoms with E-state index in [1.54, 1.807) is 6.33 Å². The predicted octanol–water partition coefficient (Wildman–Crippen LogP) is 2.06. The summed E-state index contributed by atoms with van der Waals surface area (Å²) in [6, 6.07) is 10.0. The van der Waals surface area contributed by atoms with Crippen molar-refractivity contribution < 1.29 is 0 Å². The van der Waals surface area contributed by atoms with Crippen molar-refractivity contribution in [2.75, 3.05) is 0 Å². The molecule has 2 heterocycles. The molecular weight excluding hydrogens is 188 g/mol. The van der Waals surface area contributed by atoms with Crippen LogP contribution in [-0.4, -0.2) is 19.7 Å². The van der Waals surface area contributed by atoms with Crippen LogP contribution in [0.25, 0.3) is 16.9 Å². The maximum atomic E-state index is 4.31. The van der Waals surface area contributed by atoms with Gasteiger partial charge in [-0.25, -0.2) is 4.98 Å². The first-order chi connectivity index (χ1) is 7.34. The Morgan fingerprint density at radius 3 is 2.93 bits per heavy atom. The number of hydrogen-bond acceptors (Lipinski definition) is 2. The van der Waals surface area contributed by atoms with Gasteiger partial charge in [0.1, 0.15) is 6.33 Å². The Hall–Kier alpha value is -2.10. The molecule has 74 valence electrons. The van der Waals surface area contributed by atoms with E-state index in [4.69, 9.17) is 0 Å². The van der Waals surface area contributed by atoms with Crippen LogP contribution < -0.4 is 0 Å². The fourth-order valence-corrected chi connectivity index (χ4v) is 1.67. The van der Waals surface area contributed by atoms with Gasteiger partial charge in [-0.2, -0.15) is 5.10 Å². The Balaban J connectivity index is 2.27. The molecule has 0 aliphatic rings. The van der Waals surface area contributed by atoms with Crippen molar-refractivity contribution in [3.63, 3.8) is 0 Å². The molecule has 3 aromatic rings. The van der Waals surface area contributed by atoms with E-state index in [0.29, 0.717) is 0 Å². The number of H-pyrrole nitrogens is 1. The molecule has 0 spiro atoms. The number of aryl methyl sites for hydroxylation is 1. The molecule has 0 radical (unpaired) electrons. The topological polar surface area (TPSA) is 46.5 Å². The highest BCUT2D eigenvalue weighted by Crippen LogP contribution is 2.16. The summed E-state index contributed by atoms with van der Waals surface area (Å²) in [6.07, 6.45) is 1.79. The number of aromatic nitrogens is 4. The molecule has 1 aromatic carbocycles. The van der Waals surface area contributed by atoms with Crippen LogP contribution in [0.4, 0.5) is 0 Å². The van der Waals surface area contributed by atoms with Gasteiger partial charge in [-0.3, -0.25) is 9.67 Å². The highest BCUT2D eigenvalue weighted by molar-refractivity contribution is 5.76. The van der Waals surface area contributed by atoms with Crippen molar-refractivity contribution in [3.05, 3.63) is 42.4 Å². The number of para-hydroxylation sites is 2. The second-order valence-corrected chi connectivity index (χ2v) is 3.51. The number of benzene rings is 1. The Morgan fingerprint density at radius 2 is 2.13 bits per heavy atom. The number of nitrogens with zero attached hydrogens (tertiary/aromatic N) is 3. The van der Waals surface area contributed by atoms with Crippen molar-refractivity contribution in [1.29, 1.82) is 0 Å². The van der Waals surface area contributed by atoms with Gasteiger partial charge >= 0.3 is 0 Å². The normalized spacial score (nSPS) is 11.0. The Bertz CT molecular complexity index is 606. The summed E-state index contributed by atoms with van der Waals surface area (Å²) in [5, 5.41) is 7.13. The van der Waals surface area contributed by atoms with Crippen LogP contribution in [0.2, 0.25) is 0 Å². The van der Waals surface area contributed by atoms with E-state index in [1.165, 1.54) is 0 Å². The van der Waals surface area contributed by atoms with E-state index in [2.05, 4.69) is 15.2 Å². The third-order valence-electron chi connectivity index (χ3n) is 2.39. The van der Waals surface area contributed by atoms with Gasteiger partial charge < -0.3 is 0 Å². The van der Waals surface area contributed by atoms with E-state index < -0.39 is 0 Å². The van der Waals surface area contributed by atoms with Crippen molar-refractivity contribution in [2.45, 2.75) is 6.92 Å². The summed E-state index contributed by atoms with van der Waals surface area (Å²) < 4.78 is 1.97. The largest absolute Gasteiger partial charge is 0.281 e. The lowest BCUT2D eigenvalue weighted by Gasteiger charge is -1.97. The highest BCUT2D eigenvalue weighted by Gasteiger charge is 2.05. The second kappa shape index (κ2) is 2.95. The van der Waals surface area contributed by atoms with Gasteiger partial charge in [-0.05, 0) is 19.1 Å². The molecule has 0 unspecified atom stereocenters. The lowest BCUT2D eigenvalue weighted by Crippen LogP contribution is -1.91. The van der Waals surface area contributed by atoms with Gasteiger partial charge in [0.05, 0.1) is 11.0 Å². The quantitative estimate of drug-likeness (QED) is 0.650. The van der Waals surface area contributed by atoms with Crippen molar-refractivity contribution in [1.82, 2.24) is 19.7 Å². The van der Waals surface area contributed by atoms with E-state index in [1.807, 2.05) is 41.8 Å². The molecule has 1 N–H and O–H groups in total. The van der Waals surface area contributed by atoms with Crippen LogP contribution in [0.3, 0.4) is 0 Å². The first-order valence-corrected chi connectivity index (χ1v) is 4.79. The van der Waals surface area contributed by atoms with Crippen LogP contribution in [0.15, 0.2) is 36.7 Å². The van der Waals surface area contributed by atoms with Crippen molar-refractivity contribution in [3.8, 4) is 5.82 Å². The zero-order valence-corrected chi connectivity index (χ0v) is 8.31. The van der Waals surface area contributed by atoms with Gasteiger partial charge in [0.15, 0.2) is 5.82 Å². The maximum absolute atomic E-state index is 4.31. The summed E-state index contributed by atoms with van der Waals surface area (Å²) in [5.74, 6) is 0.876. The molecule has 0 saturated carbocycles. The van der Waals surface area contributed by atoms with Crippen molar-refractivity contribution in [2.24, 2.45) is 0 Å². The van der Waals surface area contributed by atoms with Gasteiger partial charge in [0.2, 0.25) is 0 Å². The molecule has 2 aromatic heterocycles. The minimum atomic E-state index is 0.876. The first-order valence-electron chi connectivity index (χ1n) is 4.79. The lowest BCUT2D eigenvalue weighted by atomic mass is 10.3. The van der Waals surface area contributed by atoms with Gasteiger partial charge in [0, 0.05) is 11.8 Å². The second-order valence-electron chi connectivity index (χ2n) is 3.51. The maximum Gasteiger partial charge on any atom is 0.160 e. The third-order valence-corrected chi connectivity index (χ3v) is 2.39. The number of nitrogens with one attached hydrogen (secondary N) is 1. The molecule has 0 bridgehead atoms. The molecule has 4 nitrogen and oxygen atoms in total. The van der Waals surface area contributed by atoms with E-state index in [-0.39, 0.29) is 0 Å². The molecule has 0 fully saturated rings. The molecule has 4 heteroatoms. The Labute approximate surface area is 86.6 Å². The van der Waals surface area contributed by atoms with Crippen LogP contribution in [-0.2, 0) is 0 Å². The standard InChI is InChI=1S/C11H10N4/c1-8-6-11(14-13-8)15-7-12-9-4-2-3-5-10(9)15/h2-7H,1H3,(H,13,14). The monoisotopic (exact) mass is 198 g/mol. The minimum Gasteiger partial charge on any atom is -0.281 e. The fraction of sp³-hybridized carbons (Fsp3) is 0.0909. The molecule has 15 heavy (non-hydrogen) atoms. The van der Waals surface area contributed by atoms with Crippen molar-refractivity contribution >= 4 is 11.0 Å². The van der Waals surface area contributed by atoms with Crippen LogP contribution >= 0.6 is 0 Å². The lowest BCUT2D eigenvalue weighted by molar-refractivity contribution is 0.965. The minimum absolute atomic E-state index is 0.876. The smallest absolute Gasteiger partial charge is 0.160 e. The van der Waals surface area contributed by atoms with Gasteiger partial charge in [0.25, 0.3) is 0 Å². The predicted molar refractivity (Wildman–Crippen MR) is 58.0 cm³/mol. The Kier molecular flexibility index (Phi) is 1.62. The zero-order valence-electron chi connectivity index (χ0n) is 8.31.